The van der Waals surface area contributed by atoms with Gasteiger partial charge in [0.25, 0.3) is 0 Å². The molecule has 0 unspecified atom stereocenters. The summed E-state index contributed by atoms with van der Waals surface area (Å²) in [5, 5.41) is 0. The average Bonchev–Trinajstić information content (AvgIpc) is 2.42. The Morgan fingerprint density at radius 3 is 2.76 bits per heavy atom. The van der Waals surface area contributed by atoms with Gasteiger partial charge < -0.3 is 9.47 Å². The minimum absolute atomic E-state index is 0.0395. The number of pyridine rings is 1. The molecule has 0 saturated carbocycles. The average molecular weight is 415 g/mol. The summed E-state index contributed by atoms with van der Waals surface area (Å²) in [5.74, 6) is -0.493. The summed E-state index contributed by atoms with van der Waals surface area (Å²) in [5.41, 5.74) is -0.983. The van der Waals surface area contributed by atoms with E-state index in [0.29, 0.717) is 16.4 Å². The quantitative estimate of drug-likeness (QED) is 0.309. The molecule has 0 N–H and O–H groups in total. The monoisotopic (exact) mass is 415 g/mol. The number of esters is 1. The first-order valence-corrected chi connectivity index (χ1v) is 7.03. The van der Waals surface area contributed by atoms with Crippen LogP contribution in [0.4, 0.5) is 13.2 Å². The van der Waals surface area contributed by atoms with Gasteiger partial charge >= 0.3 is 12.1 Å². The maximum Gasteiger partial charge on any atom is 0.433 e. The Bertz CT molecular complexity index is 518. The number of hydrogen-bond acceptors (Lipinski definition) is 4. The third-order valence-corrected chi connectivity index (χ3v) is 3.13. The maximum atomic E-state index is 12.5. The molecule has 0 radical (unpaired) electrons. The summed E-state index contributed by atoms with van der Waals surface area (Å²) >= 11 is 1.86. The largest absolute Gasteiger partial charge is 0.477 e. The molecule has 1 rings (SSSR count). The summed E-state index contributed by atoms with van der Waals surface area (Å²) in [7, 11) is 1.27. The van der Waals surface area contributed by atoms with Crippen molar-refractivity contribution >= 4 is 28.6 Å². The fourth-order valence-corrected chi connectivity index (χ4v) is 1.76. The number of ether oxygens (including phenoxy) is 2. The van der Waals surface area contributed by atoms with Crippen LogP contribution in [0.5, 0.6) is 5.88 Å². The molecule has 0 spiro atoms. The topological polar surface area (TPSA) is 48.4 Å². The lowest BCUT2D eigenvalue weighted by molar-refractivity contribution is -0.141. The number of methoxy groups -OCH3 is 1. The van der Waals surface area contributed by atoms with Gasteiger partial charge in [-0.2, -0.15) is 13.2 Å². The molecular weight excluding hydrogens is 402 g/mol. The highest BCUT2D eigenvalue weighted by atomic mass is 127. The van der Waals surface area contributed by atoms with Gasteiger partial charge in [-0.05, 0) is 47.6 Å². The summed E-state index contributed by atoms with van der Waals surface area (Å²) < 4.78 is 47.7. The Hall–Kier alpha value is -1.32. The van der Waals surface area contributed by atoms with E-state index in [1.54, 1.807) is 6.08 Å². The van der Waals surface area contributed by atoms with Gasteiger partial charge in [-0.3, -0.25) is 0 Å². The number of alkyl halides is 3. The second kappa shape index (κ2) is 8.20. The van der Waals surface area contributed by atoms with Crippen LogP contribution in [0.3, 0.4) is 0 Å². The van der Waals surface area contributed by atoms with Gasteiger partial charge in [-0.15, -0.1) is 0 Å². The highest BCUT2D eigenvalue weighted by Gasteiger charge is 2.33. The molecule has 1 aromatic heterocycles. The van der Waals surface area contributed by atoms with Gasteiger partial charge in [0, 0.05) is 6.08 Å². The van der Waals surface area contributed by atoms with Crippen LogP contribution >= 0.6 is 22.6 Å². The Morgan fingerprint density at radius 1 is 1.43 bits per heavy atom. The van der Waals surface area contributed by atoms with Crippen molar-refractivity contribution in [2.45, 2.75) is 19.0 Å². The van der Waals surface area contributed by atoms with E-state index < -0.39 is 17.8 Å². The maximum absolute atomic E-state index is 12.5. The molecule has 8 heteroatoms. The zero-order valence-corrected chi connectivity index (χ0v) is 13.3. The fourth-order valence-electron chi connectivity index (χ4n) is 1.30. The van der Waals surface area contributed by atoms with Crippen LogP contribution in [-0.2, 0) is 15.7 Å². The van der Waals surface area contributed by atoms with Crippen molar-refractivity contribution in [2.75, 3.05) is 13.7 Å². The first-order valence-electron chi connectivity index (χ1n) is 5.95. The van der Waals surface area contributed by atoms with Crippen LogP contribution < -0.4 is 4.74 Å². The van der Waals surface area contributed by atoms with Crippen molar-refractivity contribution in [3.8, 4) is 5.88 Å². The number of hydrogen-bond donors (Lipinski definition) is 0. The number of nitrogens with zero attached hydrogens (tertiary/aromatic N) is 1. The number of rotatable bonds is 6. The molecule has 0 aliphatic heterocycles. The molecular formula is C13H13F3INO3. The first kappa shape index (κ1) is 17.7. The number of halogens is 4. The highest BCUT2D eigenvalue weighted by Crippen LogP contribution is 2.30. The van der Waals surface area contributed by atoms with Gasteiger partial charge in [-0.1, -0.05) is 6.08 Å². The van der Waals surface area contributed by atoms with Crippen LogP contribution in [0.2, 0.25) is 0 Å². The lowest BCUT2D eigenvalue weighted by Crippen LogP contribution is -2.10. The molecule has 0 fully saturated rings. The second-order valence-electron chi connectivity index (χ2n) is 3.90. The van der Waals surface area contributed by atoms with Crippen molar-refractivity contribution in [1.82, 2.24) is 4.98 Å². The molecule has 21 heavy (non-hydrogen) atoms. The normalized spacial score (nSPS) is 11.7. The van der Waals surface area contributed by atoms with Crippen molar-refractivity contribution in [2.24, 2.45) is 0 Å². The number of aromatic nitrogens is 1. The zero-order chi connectivity index (χ0) is 15.9. The molecule has 0 saturated heterocycles. The van der Waals surface area contributed by atoms with E-state index in [1.165, 1.54) is 19.3 Å². The number of carbonyl (C=O) groups excluding carboxylic acids is 1. The number of unbranched alkanes of at least 4 members (excludes halogenated alkanes) is 1. The molecule has 0 aromatic carbocycles. The van der Waals surface area contributed by atoms with Gasteiger partial charge in [-0.25, -0.2) is 9.78 Å². The van der Waals surface area contributed by atoms with E-state index in [9.17, 15) is 18.0 Å². The van der Waals surface area contributed by atoms with E-state index in [1.807, 2.05) is 22.6 Å². The van der Waals surface area contributed by atoms with Crippen molar-refractivity contribution in [3.63, 3.8) is 0 Å². The Labute approximate surface area is 133 Å². The van der Waals surface area contributed by atoms with E-state index in [-0.39, 0.29) is 12.5 Å². The first-order chi connectivity index (χ1) is 9.84. The van der Waals surface area contributed by atoms with Crippen LogP contribution in [0.15, 0.2) is 24.3 Å². The summed E-state index contributed by atoms with van der Waals surface area (Å²) in [6.07, 6.45) is -0.510. The Kier molecular flexibility index (Phi) is 6.93. The molecule has 0 bridgehead atoms. The fraction of sp³-hybridized carbons (Fsp3) is 0.385. The van der Waals surface area contributed by atoms with Gasteiger partial charge in [0.2, 0.25) is 5.88 Å². The third-order valence-electron chi connectivity index (χ3n) is 2.31. The predicted octanol–water partition coefficient (Wildman–Crippen LogP) is 3.59. The van der Waals surface area contributed by atoms with Crippen LogP contribution in [0.25, 0.3) is 0 Å². The second-order valence-corrected chi connectivity index (χ2v) is 5.06. The van der Waals surface area contributed by atoms with Gasteiger partial charge in [0.15, 0.2) is 0 Å². The number of allylic oxidation sites excluding steroid dienone is 1. The minimum Gasteiger partial charge on any atom is -0.477 e. The molecule has 1 aromatic rings. The Morgan fingerprint density at radius 2 is 2.14 bits per heavy atom. The zero-order valence-electron chi connectivity index (χ0n) is 11.1. The van der Waals surface area contributed by atoms with Crippen molar-refractivity contribution in [3.05, 3.63) is 33.5 Å². The van der Waals surface area contributed by atoms with Crippen molar-refractivity contribution < 1.29 is 27.4 Å². The van der Waals surface area contributed by atoms with E-state index in [0.717, 1.165) is 6.07 Å². The molecule has 0 aliphatic carbocycles. The van der Waals surface area contributed by atoms with E-state index >= 15 is 0 Å². The van der Waals surface area contributed by atoms with E-state index in [4.69, 9.17) is 4.74 Å². The molecule has 0 aliphatic rings. The number of carbonyl (C=O) groups is 1. The van der Waals surface area contributed by atoms with Crippen molar-refractivity contribution in [1.29, 1.82) is 0 Å². The summed E-state index contributed by atoms with van der Waals surface area (Å²) in [6, 6.07) is 2.22. The van der Waals surface area contributed by atoms with E-state index in [2.05, 4.69) is 9.72 Å². The lowest BCUT2D eigenvalue weighted by Gasteiger charge is -2.10. The standard InChI is InChI=1S/C13H13F3INO3/c1-20-11(19)5-3-2-4-8-21-12-9(17)6-7-10(18-12)13(14,15)16/h3,5-7H,2,4,8H2,1H3. The van der Waals surface area contributed by atoms with Crippen LogP contribution in [0.1, 0.15) is 18.5 Å². The predicted molar refractivity (Wildman–Crippen MR) is 77.8 cm³/mol. The smallest absolute Gasteiger partial charge is 0.433 e. The third kappa shape index (κ3) is 6.32. The Balaban J connectivity index is 2.49. The summed E-state index contributed by atoms with van der Waals surface area (Å²) in [4.78, 5) is 14.2. The van der Waals surface area contributed by atoms with Gasteiger partial charge in [0.05, 0.1) is 17.3 Å². The summed E-state index contributed by atoms with van der Waals surface area (Å²) in [6.45, 7) is 0.204. The minimum atomic E-state index is -4.49. The SMILES string of the molecule is COC(=O)C=CCCCOc1nc(C(F)(F)F)ccc1I. The van der Waals surface area contributed by atoms with Crippen LogP contribution in [-0.4, -0.2) is 24.7 Å². The lowest BCUT2D eigenvalue weighted by atomic mass is 10.3. The highest BCUT2D eigenvalue weighted by molar-refractivity contribution is 14.1. The molecule has 4 nitrogen and oxygen atoms in total. The van der Waals surface area contributed by atoms with Gasteiger partial charge in [0.1, 0.15) is 5.69 Å². The molecule has 0 atom stereocenters. The molecule has 1 heterocycles. The molecule has 116 valence electrons. The molecule has 0 amide bonds. The van der Waals surface area contributed by atoms with Crippen LogP contribution in [0, 0.1) is 3.57 Å².